The third kappa shape index (κ3) is 6.40. The Morgan fingerprint density at radius 2 is 2.17 bits per heavy atom. The lowest BCUT2D eigenvalue weighted by molar-refractivity contribution is -0.122. The molecular weight excluding hydrogens is 389 g/mol. The van der Waals surface area contributed by atoms with Crippen LogP contribution in [0, 0.1) is 5.82 Å². The summed E-state index contributed by atoms with van der Waals surface area (Å²) in [5, 5.41) is 5.97. The summed E-state index contributed by atoms with van der Waals surface area (Å²) in [6.45, 7) is 5.00. The zero-order valence-corrected chi connectivity index (χ0v) is 17.7. The maximum atomic E-state index is 14.4. The third-order valence-electron chi connectivity index (χ3n) is 5.93. The summed E-state index contributed by atoms with van der Waals surface area (Å²) in [7, 11) is 1.49. The lowest BCUT2D eigenvalue weighted by Crippen LogP contribution is -2.45. The van der Waals surface area contributed by atoms with Gasteiger partial charge >= 0.3 is 0 Å². The molecule has 0 spiro atoms. The van der Waals surface area contributed by atoms with E-state index in [4.69, 9.17) is 9.47 Å². The van der Waals surface area contributed by atoms with E-state index < -0.39 is 5.54 Å². The molecule has 2 saturated heterocycles. The van der Waals surface area contributed by atoms with E-state index in [0.717, 1.165) is 39.3 Å². The van der Waals surface area contributed by atoms with Crippen LogP contribution in [0.3, 0.4) is 0 Å². The van der Waals surface area contributed by atoms with Crippen LogP contribution < -0.4 is 15.4 Å². The molecule has 2 fully saturated rings. The average molecular weight is 422 g/mol. The van der Waals surface area contributed by atoms with E-state index in [-0.39, 0.29) is 17.6 Å². The number of carbonyl (C=O) groups excluding carboxylic acids is 2. The zero-order chi connectivity index (χ0) is 21.4. The first kappa shape index (κ1) is 22.5. The van der Waals surface area contributed by atoms with Crippen LogP contribution in [0.4, 0.5) is 4.39 Å². The van der Waals surface area contributed by atoms with Crippen LogP contribution >= 0.6 is 0 Å². The Hall–Kier alpha value is -2.19. The van der Waals surface area contributed by atoms with E-state index in [9.17, 15) is 14.0 Å². The van der Waals surface area contributed by atoms with E-state index in [1.54, 1.807) is 12.1 Å². The minimum atomic E-state index is -0.586. The Morgan fingerprint density at radius 3 is 2.83 bits per heavy atom. The highest BCUT2D eigenvalue weighted by molar-refractivity contribution is 5.80. The number of halogens is 1. The van der Waals surface area contributed by atoms with Crippen LogP contribution in [0.5, 0.6) is 5.75 Å². The highest BCUT2D eigenvalue weighted by Crippen LogP contribution is 2.31. The molecule has 7 nitrogen and oxygen atoms in total. The topological polar surface area (TPSA) is 79.9 Å². The Balaban J connectivity index is 1.47. The Bertz CT molecular complexity index is 739. The predicted molar refractivity (Wildman–Crippen MR) is 111 cm³/mol. The molecule has 166 valence electrons. The zero-order valence-electron chi connectivity index (χ0n) is 17.7. The molecule has 0 bridgehead atoms. The van der Waals surface area contributed by atoms with Crippen molar-refractivity contribution in [1.29, 1.82) is 0 Å². The van der Waals surface area contributed by atoms with Gasteiger partial charge in [-0.2, -0.15) is 0 Å². The normalized spacial score (nSPS) is 22.0. The summed E-state index contributed by atoms with van der Waals surface area (Å²) in [5.41, 5.74) is -0.0681. The van der Waals surface area contributed by atoms with Crippen molar-refractivity contribution >= 4 is 11.8 Å². The second-order valence-corrected chi connectivity index (χ2v) is 8.12. The molecule has 2 amide bonds. The maximum absolute atomic E-state index is 14.4. The fourth-order valence-electron chi connectivity index (χ4n) is 4.14. The molecule has 8 heteroatoms. The lowest BCUT2D eigenvalue weighted by atomic mass is 9.84. The van der Waals surface area contributed by atoms with E-state index in [0.29, 0.717) is 50.0 Å². The first-order valence-corrected chi connectivity index (χ1v) is 10.7. The van der Waals surface area contributed by atoms with Gasteiger partial charge in [0, 0.05) is 44.1 Å². The number of carbonyl (C=O) groups is 2. The van der Waals surface area contributed by atoms with Gasteiger partial charge in [-0.25, -0.2) is 4.39 Å². The Kier molecular flexibility index (Phi) is 8.04. The molecule has 3 rings (SSSR count). The molecule has 1 aromatic rings. The smallest absolute Gasteiger partial charge is 0.220 e. The largest absolute Gasteiger partial charge is 0.497 e. The minimum Gasteiger partial charge on any atom is -0.497 e. The SMILES string of the molecule is COc1ccc(CC2(CCC(=O)NCCCN3CCOCC3)CCC(=O)N2)c(F)c1. The van der Waals surface area contributed by atoms with Crippen molar-refractivity contribution in [3.8, 4) is 5.75 Å². The quantitative estimate of drug-likeness (QED) is 0.562. The molecular formula is C22H32FN3O4. The number of nitrogens with one attached hydrogen (secondary N) is 2. The summed E-state index contributed by atoms with van der Waals surface area (Å²) in [5.74, 6) is 0.0159. The van der Waals surface area contributed by atoms with Crippen LogP contribution in [0.1, 0.15) is 37.7 Å². The van der Waals surface area contributed by atoms with Crippen LogP contribution in [-0.4, -0.2) is 68.8 Å². The monoisotopic (exact) mass is 421 g/mol. The van der Waals surface area contributed by atoms with Gasteiger partial charge in [-0.15, -0.1) is 0 Å². The standard InChI is InChI=1S/C22H32FN3O4/c1-29-18-4-3-17(19(23)15-18)16-22(8-6-21(28)25-22)7-5-20(27)24-9-2-10-26-11-13-30-14-12-26/h3-4,15H,2,5-14,16H2,1H3,(H,24,27)(H,25,28). The van der Waals surface area contributed by atoms with Gasteiger partial charge in [0.05, 0.1) is 20.3 Å². The molecule has 0 aliphatic carbocycles. The van der Waals surface area contributed by atoms with Crippen LogP contribution in [0.15, 0.2) is 18.2 Å². The highest BCUT2D eigenvalue weighted by Gasteiger charge is 2.38. The molecule has 1 atom stereocenters. The van der Waals surface area contributed by atoms with Gasteiger partial charge in [0.15, 0.2) is 0 Å². The molecule has 0 saturated carbocycles. The summed E-state index contributed by atoms with van der Waals surface area (Å²) in [4.78, 5) is 26.6. The fraction of sp³-hybridized carbons (Fsp3) is 0.636. The maximum Gasteiger partial charge on any atom is 0.220 e. The Morgan fingerprint density at radius 1 is 1.37 bits per heavy atom. The summed E-state index contributed by atoms with van der Waals surface area (Å²) in [6, 6.07) is 4.75. The number of ether oxygens (including phenoxy) is 2. The van der Waals surface area contributed by atoms with Crippen molar-refractivity contribution in [2.75, 3.05) is 46.5 Å². The molecule has 2 N–H and O–H groups in total. The minimum absolute atomic E-state index is 0.0345. The van der Waals surface area contributed by atoms with E-state index in [1.165, 1.54) is 13.2 Å². The first-order valence-electron chi connectivity index (χ1n) is 10.7. The molecule has 0 radical (unpaired) electrons. The molecule has 1 unspecified atom stereocenters. The van der Waals surface area contributed by atoms with Crippen LogP contribution in [0.25, 0.3) is 0 Å². The van der Waals surface area contributed by atoms with Crippen molar-refractivity contribution in [2.24, 2.45) is 0 Å². The molecule has 2 heterocycles. The van der Waals surface area contributed by atoms with Crippen molar-refractivity contribution in [2.45, 2.75) is 44.1 Å². The van der Waals surface area contributed by atoms with Gasteiger partial charge in [0.25, 0.3) is 0 Å². The van der Waals surface area contributed by atoms with Crippen molar-refractivity contribution in [3.63, 3.8) is 0 Å². The highest BCUT2D eigenvalue weighted by atomic mass is 19.1. The number of hydrogen-bond donors (Lipinski definition) is 2. The number of hydrogen-bond acceptors (Lipinski definition) is 5. The summed E-state index contributed by atoms with van der Waals surface area (Å²) < 4.78 is 24.8. The van der Waals surface area contributed by atoms with E-state index in [2.05, 4.69) is 15.5 Å². The van der Waals surface area contributed by atoms with Gasteiger partial charge in [-0.1, -0.05) is 6.07 Å². The van der Waals surface area contributed by atoms with Crippen molar-refractivity contribution in [1.82, 2.24) is 15.5 Å². The molecule has 30 heavy (non-hydrogen) atoms. The summed E-state index contributed by atoms with van der Waals surface area (Å²) >= 11 is 0. The molecule has 1 aromatic carbocycles. The Labute approximate surface area is 177 Å². The van der Waals surface area contributed by atoms with Gasteiger partial charge in [-0.05, 0) is 43.9 Å². The number of morpholine rings is 1. The fourth-order valence-corrected chi connectivity index (χ4v) is 4.14. The second kappa shape index (κ2) is 10.7. The van der Waals surface area contributed by atoms with E-state index in [1.807, 2.05) is 0 Å². The van der Waals surface area contributed by atoms with Crippen molar-refractivity contribution in [3.05, 3.63) is 29.6 Å². The number of benzene rings is 1. The second-order valence-electron chi connectivity index (χ2n) is 8.12. The van der Waals surface area contributed by atoms with Gasteiger partial charge in [-0.3, -0.25) is 14.5 Å². The van der Waals surface area contributed by atoms with Crippen LogP contribution in [-0.2, 0) is 20.7 Å². The number of nitrogens with zero attached hydrogens (tertiary/aromatic N) is 1. The molecule has 2 aliphatic rings. The lowest BCUT2D eigenvalue weighted by Gasteiger charge is -2.29. The van der Waals surface area contributed by atoms with Gasteiger partial charge in [0.2, 0.25) is 11.8 Å². The number of methoxy groups -OCH3 is 1. The van der Waals surface area contributed by atoms with Gasteiger partial charge < -0.3 is 20.1 Å². The number of rotatable bonds is 10. The van der Waals surface area contributed by atoms with Crippen LogP contribution in [0.2, 0.25) is 0 Å². The molecule has 0 aromatic heterocycles. The predicted octanol–water partition coefficient (Wildman–Crippen LogP) is 1.64. The van der Waals surface area contributed by atoms with Gasteiger partial charge in [0.1, 0.15) is 11.6 Å². The van der Waals surface area contributed by atoms with Crippen molar-refractivity contribution < 1.29 is 23.5 Å². The third-order valence-corrected chi connectivity index (χ3v) is 5.93. The average Bonchev–Trinajstić information content (AvgIpc) is 3.12. The molecule has 2 aliphatic heterocycles. The number of amides is 2. The van der Waals surface area contributed by atoms with E-state index >= 15 is 0 Å². The summed E-state index contributed by atoms with van der Waals surface area (Å²) in [6.07, 6.45) is 3.04. The first-order chi connectivity index (χ1) is 14.5.